The molecule has 0 unspecified atom stereocenters. The van der Waals surface area contributed by atoms with E-state index in [0.29, 0.717) is 28.2 Å². The predicted octanol–water partition coefficient (Wildman–Crippen LogP) is 3.67. The average molecular weight is 359 g/mol. The minimum atomic E-state index is -0.257. The molecule has 0 amide bonds. The maximum Gasteiger partial charge on any atom is 0.262 e. The van der Waals surface area contributed by atoms with E-state index in [1.165, 1.54) is 7.11 Å². The number of hydrogen-bond donors (Lipinski definition) is 1. The first-order valence-corrected chi connectivity index (χ1v) is 8.36. The fraction of sp³-hybridized carbons (Fsp3) is 0.0952. The Hall–Kier alpha value is -3.67. The number of H-pyrrole nitrogens is 1. The van der Waals surface area contributed by atoms with Crippen molar-refractivity contribution in [2.75, 3.05) is 14.2 Å². The van der Waals surface area contributed by atoms with Crippen LogP contribution in [0, 0.1) is 0 Å². The van der Waals surface area contributed by atoms with Gasteiger partial charge < -0.3 is 14.5 Å². The van der Waals surface area contributed by atoms with Crippen LogP contribution in [0.2, 0.25) is 0 Å². The molecule has 2 aromatic heterocycles. The van der Waals surface area contributed by atoms with E-state index in [4.69, 9.17) is 9.47 Å². The number of fused-ring (bicyclic) bond motifs is 1. The molecule has 27 heavy (non-hydrogen) atoms. The van der Waals surface area contributed by atoms with Crippen LogP contribution in [0.15, 0.2) is 65.7 Å². The van der Waals surface area contributed by atoms with Crippen LogP contribution in [0.25, 0.3) is 33.4 Å². The summed E-state index contributed by atoms with van der Waals surface area (Å²) < 4.78 is 10.6. The molecule has 0 aliphatic carbocycles. The summed E-state index contributed by atoms with van der Waals surface area (Å²) in [5.41, 5.74) is 3.21. The van der Waals surface area contributed by atoms with Gasteiger partial charge >= 0.3 is 0 Å². The largest absolute Gasteiger partial charge is 0.497 e. The van der Waals surface area contributed by atoms with Gasteiger partial charge in [0.05, 0.1) is 19.7 Å². The zero-order chi connectivity index (χ0) is 18.8. The van der Waals surface area contributed by atoms with Gasteiger partial charge in [-0.25, -0.2) is 4.98 Å². The number of hydrogen-bond acceptors (Lipinski definition) is 5. The number of nitrogens with zero attached hydrogens (tertiary/aromatic N) is 2. The van der Waals surface area contributed by atoms with Gasteiger partial charge in [-0.2, -0.15) is 0 Å². The van der Waals surface area contributed by atoms with E-state index in [-0.39, 0.29) is 5.56 Å². The van der Waals surface area contributed by atoms with Gasteiger partial charge in [-0.15, -0.1) is 0 Å². The third-order valence-electron chi connectivity index (χ3n) is 4.37. The van der Waals surface area contributed by atoms with E-state index < -0.39 is 0 Å². The lowest BCUT2D eigenvalue weighted by atomic mass is 10.0. The molecule has 0 spiro atoms. The number of methoxy groups -OCH3 is 2. The van der Waals surface area contributed by atoms with E-state index in [1.807, 2.05) is 36.4 Å². The molecule has 2 heterocycles. The number of pyridine rings is 1. The molecule has 0 fully saturated rings. The minimum Gasteiger partial charge on any atom is -0.497 e. The van der Waals surface area contributed by atoms with Crippen LogP contribution in [0.3, 0.4) is 0 Å². The van der Waals surface area contributed by atoms with Crippen LogP contribution in [0.4, 0.5) is 0 Å². The second kappa shape index (κ2) is 6.92. The maximum atomic E-state index is 12.6. The van der Waals surface area contributed by atoms with Crippen molar-refractivity contribution in [3.8, 4) is 34.0 Å². The number of rotatable bonds is 4. The van der Waals surface area contributed by atoms with Gasteiger partial charge in [0, 0.05) is 30.1 Å². The highest BCUT2D eigenvalue weighted by atomic mass is 16.5. The normalized spacial score (nSPS) is 10.7. The molecule has 0 aliphatic rings. The van der Waals surface area contributed by atoms with Crippen LogP contribution in [0.1, 0.15) is 0 Å². The smallest absolute Gasteiger partial charge is 0.262 e. The molecule has 0 saturated carbocycles. The van der Waals surface area contributed by atoms with Gasteiger partial charge in [0.15, 0.2) is 0 Å². The third kappa shape index (κ3) is 3.13. The summed E-state index contributed by atoms with van der Waals surface area (Å²) in [6.45, 7) is 0. The van der Waals surface area contributed by atoms with Gasteiger partial charge in [-0.05, 0) is 23.3 Å². The van der Waals surface area contributed by atoms with Crippen LogP contribution >= 0.6 is 0 Å². The first-order chi connectivity index (χ1) is 13.2. The molecule has 0 radical (unpaired) electrons. The van der Waals surface area contributed by atoms with E-state index in [0.717, 1.165) is 16.7 Å². The lowest BCUT2D eigenvalue weighted by molar-refractivity contribution is 0.397. The Morgan fingerprint density at radius 3 is 2.19 bits per heavy atom. The Kier molecular flexibility index (Phi) is 4.30. The summed E-state index contributed by atoms with van der Waals surface area (Å²) >= 11 is 0. The lowest BCUT2D eigenvalue weighted by Gasteiger charge is -2.09. The number of aromatic nitrogens is 3. The topological polar surface area (TPSA) is 77.1 Å². The van der Waals surface area contributed by atoms with E-state index >= 15 is 0 Å². The molecule has 2 aromatic carbocycles. The zero-order valence-electron chi connectivity index (χ0n) is 14.9. The molecule has 134 valence electrons. The number of aromatic amines is 1. The summed E-state index contributed by atoms with van der Waals surface area (Å²) in [6.07, 6.45) is 3.51. The standard InChI is InChI=1S/C21H17N3O3/c1-26-16-11-17-19(18(12-16)27-2)21(25)24-20(23-17)15-5-3-13(4-6-15)14-7-9-22-10-8-14/h3-12H,1-2H3,(H,23,24,25). The van der Waals surface area contributed by atoms with Crippen molar-refractivity contribution in [1.29, 1.82) is 0 Å². The Morgan fingerprint density at radius 1 is 0.852 bits per heavy atom. The molecular weight excluding hydrogens is 342 g/mol. The number of benzene rings is 2. The maximum absolute atomic E-state index is 12.6. The highest BCUT2D eigenvalue weighted by Crippen LogP contribution is 2.29. The Labute approximate surface area is 155 Å². The Morgan fingerprint density at radius 2 is 1.52 bits per heavy atom. The van der Waals surface area contributed by atoms with Crippen molar-refractivity contribution in [1.82, 2.24) is 15.0 Å². The average Bonchev–Trinajstić information content (AvgIpc) is 2.73. The van der Waals surface area contributed by atoms with Gasteiger partial charge in [0.2, 0.25) is 0 Å². The SMILES string of the molecule is COc1cc(OC)c2c(=O)[nH]c(-c3ccc(-c4ccncc4)cc3)nc2c1. The summed E-state index contributed by atoms with van der Waals surface area (Å²) in [5, 5.41) is 0.399. The molecule has 0 aliphatic heterocycles. The van der Waals surface area contributed by atoms with E-state index in [9.17, 15) is 4.79 Å². The molecule has 4 rings (SSSR count). The monoisotopic (exact) mass is 359 g/mol. The van der Waals surface area contributed by atoms with Crippen LogP contribution < -0.4 is 15.0 Å². The van der Waals surface area contributed by atoms with Gasteiger partial charge in [0.25, 0.3) is 5.56 Å². The van der Waals surface area contributed by atoms with E-state index in [2.05, 4.69) is 15.0 Å². The summed E-state index contributed by atoms with van der Waals surface area (Å²) in [6, 6.07) is 15.1. The van der Waals surface area contributed by atoms with E-state index in [1.54, 1.807) is 31.6 Å². The summed E-state index contributed by atoms with van der Waals surface area (Å²) in [7, 11) is 3.08. The Bertz CT molecular complexity index is 1150. The number of ether oxygens (including phenoxy) is 2. The molecule has 1 N–H and O–H groups in total. The highest BCUT2D eigenvalue weighted by Gasteiger charge is 2.13. The summed E-state index contributed by atoms with van der Waals surface area (Å²) in [5.74, 6) is 1.50. The predicted molar refractivity (Wildman–Crippen MR) is 104 cm³/mol. The minimum absolute atomic E-state index is 0.257. The molecule has 6 nitrogen and oxygen atoms in total. The van der Waals surface area contributed by atoms with Crippen molar-refractivity contribution in [3.63, 3.8) is 0 Å². The Balaban J connectivity index is 1.81. The first kappa shape index (κ1) is 16.8. The van der Waals surface area contributed by atoms with Crippen molar-refractivity contribution in [2.24, 2.45) is 0 Å². The first-order valence-electron chi connectivity index (χ1n) is 8.36. The second-order valence-electron chi connectivity index (χ2n) is 5.95. The van der Waals surface area contributed by atoms with Crippen LogP contribution in [-0.4, -0.2) is 29.2 Å². The van der Waals surface area contributed by atoms with Gasteiger partial charge in [-0.3, -0.25) is 9.78 Å². The molecule has 0 saturated heterocycles. The lowest BCUT2D eigenvalue weighted by Crippen LogP contribution is -2.11. The summed E-state index contributed by atoms with van der Waals surface area (Å²) in [4.78, 5) is 24.1. The van der Waals surface area contributed by atoms with Gasteiger partial charge in [-0.1, -0.05) is 24.3 Å². The fourth-order valence-corrected chi connectivity index (χ4v) is 2.99. The van der Waals surface area contributed by atoms with Crippen molar-refractivity contribution in [2.45, 2.75) is 0 Å². The van der Waals surface area contributed by atoms with Crippen molar-refractivity contribution in [3.05, 3.63) is 71.3 Å². The second-order valence-corrected chi connectivity index (χ2v) is 5.95. The fourth-order valence-electron chi connectivity index (χ4n) is 2.99. The van der Waals surface area contributed by atoms with Crippen molar-refractivity contribution < 1.29 is 9.47 Å². The van der Waals surface area contributed by atoms with Gasteiger partial charge in [0.1, 0.15) is 22.7 Å². The number of nitrogens with one attached hydrogen (secondary N) is 1. The van der Waals surface area contributed by atoms with Crippen LogP contribution in [0.5, 0.6) is 11.5 Å². The molecular formula is C21H17N3O3. The zero-order valence-corrected chi connectivity index (χ0v) is 14.9. The van der Waals surface area contributed by atoms with Crippen molar-refractivity contribution >= 4 is 10.9 Å². The third-order valence-corrected chi connectivity index (χ3v) is 4.37. The molecule has 0 bridgehead atoms. The molecule has 4 aromatic rings. The quantitative estimate of drug-likeness (QED) is 0.602. The molecule has 0 atom stereocenters. The van der Waals surface area contributed by atoms with Crippen LogP contribution in [-0.2, 0) is 0 Å². The molecule has 6 heteroatoms. The highest BCUT2D eigenvalue weighted by molar-refractivity contribution is 5.87.